The molecule has 0 radical (unpaired) electrons. The minimum absolute atomic E-state index is 0.746. The maximum absolute atomic E-state index is 5.28. The van der Waals surface area contributed by atoms with Crippen molar-refractivity contribution in [1.29, 1.82) is 0 Å². The summed E-state index contributed by atoms with van der Waals surface area (Å²) in [6.45, 7) is 4.68. The van der Waals surface area contributed by atoms with E-state index >= 15 is 0 Å². The Balaban J connectivity index is 2.59. The van der Waals surface area contributed by atoms with Crippen molar-refractivity contribution in [2.24, 2.45) is 0 Å². The third-order valence-corrected chi connectivity index (χ3v) is 3.06. The van der Waals surface area contributed by atoms with Gasteiger partial charge in [0.15, 0.2) is 0 Å². The van der Waals surface area contributed by atoms with Gasteiger partial charge in [0.1, 0.15) is 11.5 Å². The number of benzene rings is 1. The van der Waals surface area contributed by atoms with E-state index in [9.17, 15) is 0 Å². The first-order valence-electron chi connectivity index (χ1n) is 6.81. The fraction of sp³-hybridized carbons (Fsp3) is 0.500. The van der Waals surface area contributed by atoms with Crippen LogP contribution in [0.25, 0.3) is 5.57 Å². The molecule has 4 heteroatoms. The van der Waals surface area contributed by atoms with E-state index in [-0.39, 0.29) is 0 Å². The van der Waals surface area contributed by atoms with Crippen LogP contribution in [0.5, 0.6) is 11.5 Å². The number of rotatable bonds is 9. The summed E-state index contributed by atoms with van der Waals surface area (Å²) >= 11 is 0. The Morgan fingerprint density at radius 3 is 2.25 bits per heavy atom. The molecule has 0 unspecified atom stereocenters. The first-order chi connectivity index (χ1) is 9.71. The summed E-state index contributed by atoms with van der Waals surface area (Å²) in [4.78, 5) is 0. The first kappa shape index (κ1) is 16.5. The van der Waals surface area contributed by atoms with Crippen LogP contribution in [0.1, 0.15) is 18.9 Å². The lowest BCUT2D eigenvalue weighted by Gasteiger charge is -2.09. The van der Waals surface area contributed by atoms with Gasteiger partial charge in [0.2, 0.25) is 0 Å². The van der Waals surface area contributed by atoms with Crippen LogP contribution in [0, 0.1) is 0 Å². The third-order valence-electron chi connectivity index (χ3n) is 3.06. The Morgan fingerprint density at radius 1 is 1.05 bits per heavy atom. The van der Waals surface area contributed by atoms with Gasteiger partial charge in [-0.1, -0.05) is 6.08 Å². The van der Waals surface area contributed by atoms with E-state index in [1.165, 1.54) is 5.57 Å². The molecule has 0 aromatic heterocycles. The van der Waals surface area contributed by atoms with E-state index in [1.54, 1.807) is 21.3 Å². The number of methoxy groups -OCH3 is 3. The molecular formula is C16H25NO3. The fourth-order valence-corrected chi connectivity index (χ4v) is 1.84. The quantitative estimate of drug-likeness (QED) is 0.706. The van der Waals surface area contributed by atoms with Crippen LogP contribution in [0.4, 0.5) is 0 Å². The highest BCUT2D eigenvalue weighted by Gasteiger charge is 2.03. The molecule has 0 spiro atoms. The summed E-state index contributed by atoms with van der Waals surface area (Å²) < 4.78 is 15.6. The predicted molar refractivity (Wildman–Crippen MR) is 82.6 cm³/mol. The third kappa shape index (κ3) is 5.63. The van der Waals surface area contributed by atoms with Crippen molar-refractivity contribution < 1.29 is 14.2 Å². The van der Waals surface area contributed by atoms with Crippen molar-refractivity contribution in [2.75, 3.05) is 41.0 Å². The van der Waals surface area contributed by atoms with Crippen LogP contribution in [-0.4, -0.2) is 41.0 Å². The summed E-state index contributed by atoms with van der Waals surface area (Å²) in [6.07, 6.45) is 3.20. The Hall–Kier alpha value is -1.52. The lowest BCUT2D eigenvalue weighted by molar-refractivity contribution is 0.199. The van der Waals surface area contributed by atoms with Crippen molar-refractivity contribution >= 4 is 5.57 Å². The Labute approximate surface area is 121 Å². The second-order valence-corrected chi connectivity index (χ2v) is 4.52. The molecule has 0 aliphatic carbocycles. The van der Waals surface area contributed by atoms with Gasteiger partial charge >= 0.3 is 0 Å². The van der Waals surface area contributed by atoms with E-state index in [4.69, 9.17) is 14.2 Å². The molecule has 0 aliphatic heterocycles. The van der Waals surface area contributed by atoms with Gasteiger partial charge in [-0.15, -0.1) is 0 Å². The molecule has 0 aliphatic rings. The predicted octanol–water partition coefficient (Wildman–Crippen LogP) is 2.73. The lowest BCUT2D eigenvalue weighted by Crippen LogP contribution is -2.19. The monoisotopic (exact) mass is 279 g/mol. The van der Waals surface area contributed by atoms with Gasteiger partial charge in [0.05, 0.1) is 20.8 Å². The second kappa shape index (κ2) is 9.39. The average Bonchev–Trinajstić information content (AvgIpc) is 2.49. The van der Waals surface area contributed by atoms with E-state index in [1.807, 2.05) is 18.2 Å². The zero-order valence-corrected chi connectivity index (χ0v) is 12.9. The van der Waals surface area contributed by atoms with Gasteiger partial charge in [-0.05, 0) is 43.2 Å². The molecule has 0 saturated carbocycles. The highest BCUT2D eigenvalue weighted by molar-refractivity contribution is 5.66. The molecule has 4 nitrogen and oxygen atoms in total. The number of allylic oxidation sites excluding steroid dienone is 1. The molecule has 0 amide bonds. The van der Waals surface area contributed by atoms with E-state index in [0.29, 0.717) is 0 Å². The van der Waals surface area contributed by atoms with Crippen LogP contribution in [0.3, 0.4) is 0 Å². The van der Waals surface area contributed by atoms with Crippen LogP contribution in [0.15, 0.2) is 24.3 Å². The van der Waals surface area contributed by atoms with E-state index in [0.717, 1.165) is 43.2 Å². The zero-order chi connectivity index (χ0) is 14.8. The van der Waals surface area contributed by atoms with Gasteiger partial charge in [-0.2, -0.15) is 0 Å². The van der Waals surface area contributed by atoms with Crippen LogP contribution in [-0.2, 0) is 4.74 Å². The molecule has 1 aromatic rings. The standard InChI is InChI=1S/C16H25NO3/c1-13(6-5-7-17-8-9-18-2)14-10-15(19-3)12-16(11-14)20-4/h6,10-12,17H,5,7-9H2,1-4H3/b13-6-. The SMILES string of the molecule is COCCNCC/C=C(/C)c1cc(OC)cc(OC)c1. The van der Waals surface area contributed by atoms with Gasteiger partial charge in [0, 0.05) is 19.7 Å². The second-order valence-electron chi connectivity index (χ2n) is 4.52. The normalized spacial score (nSPS) is 11.5. The number of nitrogens with one attached hydrogen (secondary N) is 1. The molecule has 1 N–H and O–H groups in total. The largest absolute Gasteiger partial charge is 0.497 e. The molecule has 0 bridgehead atoms. The van der Waals surface area contributed by atoms with Gasteiger partial charge in [-0.3, -0.25) is 0 Å². The molecule has 0 atom stereocenters. The fourth-order valence-electron chi connectivity index (χ4n) is 1.84. The smallest absolute Gasteiger partial charge is 0.123 e. The molecule has 1 rings (SSSR count). The van der Waals surface area contributed by atoms with Crippen LogP contribution >= 0.6 is 0 Å². The van der Waals surface area contributed by atoms with E-state index in [2.05, 4.69) is 18.3 Å². The average molecular weight is 279 g/mol. The minimum Gasteiger partial charge on any atom is -0.497 e. The molecule has 0 fully saturated rings. The summed E-state index contributed by atoms with van der Waals surface area (Å²) in [7, 11) is 5.04. The van der Waals surface area contributed by atoms with E-state index < -0.39 is 0 Å². The first-order valence-corrected chi connectivity index (χ1v) is 6.81. The summed E-state index contributed by atoms with van der Waals surface area (Å²) in [5.74, 6) is 1.62. The highest BCUT2D eigenvalue weighted by Crippen LogP contribution is 2.26. The van der Waals surface area contributed by atoms with Gasteiger partial charge in [0.25, 0.3) is 0 Å². The molecule has 0 saturated heterocycles. The summed E-state index contributed by atoms with van der Waals surface area (Å²) in [6, 6.07) is 5.92. The number of hydrogen-bond acceptors (Lipinski definition) is 4. The number of hydrogen-bond donors (Lipinski definition) is 1. The molecule has 0 heterocycles. The van der Waals surface area contributed by atoms with Gasteiger partial charge < -0.3 is 19.5 Å². The lowest BCUT2D eigenvalue weighted by atomic mass is 10.1. The zero-order valence-electron chi connectivity index (χ0n) is 12.9. The Bertz CT molecular complexity index is 407. The highest BCUT2D eigenvalue weighted by atomic mass is 16.5. The maximum atomic E-state index is 5.28. The topological polar surface area (TPSA) is 39.7 Å². The minimum atomic E-state index is 0.746. The van der Waals surface area contributed by atoms with Crippen molar-refractivity contribution in [3.63, 3.8) is 0 Å². The number of ether oxygens (including phenoxy) is 3. The molecule has 112 valence electrons. The Morgan fingerprint density at radius 2 is 1.70 bits per heavy atom. The van der Waals surface area contributed by atoms with Gasteiger partial charge in [-0.25, -0.2) is 0 Å². The van der Waals surface area contributed by atoms with Crippen LogP contribution in [0.2, 0.25) is 0 Å². The molecule has 1 aromatic carbocycles. The van der Waals surface area contributed by atoms with Crippen molar-refractivity contribution in [3.8, 4) is 11.5 Å². The van der Waals surface area contributed by atoms with Crippen LogP contribution < -0.4 is 14.8 Å². The molecule has 20 heavy (non-hydrogen) atoms. The van der Waals surface area contributed by atoms with Crippen molar-refractivity contribution in [1.82, 2.24) is 5.32 Å². The Kier molecular flexibility index (Phi) is 7.77. The summed E-state index contributed by atoms with van der Waals surface area (Å²) in [5.41, 5.74) is 2.34. The van der Waals surface area contributed by atoms with Crippen molar-refractivity contribution in [2.45, 2.75) is 13.3 Å². The van der Waals surface area contributed by atoms with Crippen molar-refractivity contribution in [3.05, 3.63) is 29.8 Å². The maximum Gasteiger partial charge on any atom is 0.123 e. The summed E-state index contributed by atoms with van der Waals surface area (Å²) in [5, 5.41) is 3.32. The molecular weight excluding hydrogens is 254 g/mol.